The maximum absolute atomic E-state index is 4.39. The van der Waals surface area contributed by atoms with Crippen LogP contribution in [0.4, 0.5) is 11.6 Å². The molecule has 1 heterocycles. The van der Waals surface area contributed by atoms with Crippen molar-refractivity contribution in [3.8, 4) is 0 Å². The molecule has 0 saturated carbocycles. The van der Waals surface area contributed by atoms with E-state index >= 15 is 0 Å². The minimum atomic E-state index is 0.688. The molecule has 104 valence electrons. The minimum absolute atomic E-state index is 0.688. The number of nitrogens with zero attached hydrogens (tertiary/aromatic N) is 2. The van der Waals surface area contributed by atoms with E-state index < -0.39 is 0 Å². The van der Waals surface area contributed by atoms with Crippen molar-refractivity contribution in [1.82, 2.24) is 9.97 Å². The molecule has 1 aromatic heterocycles. The number of benzene rings is 1. The van der Waals surface area contributed by atoms with Gasteiger partial charge in [0, 0.05) is 19.2 Å². The molecule has 4 nitrogen and oxygen atoms in total. The first-order valence-electron chi connectivity index (χ1n) is 6.67. The molecule has 0 aliphatic carbocycles. The second-order valence-corrected chi connectivity index (χ2v) is 4.69. The molecule has 0 saturated heterocycles. The highest BCUT2D eigenvalue weighted by molar-refractivity contribution is 5.48. The quantitative estimate of drug-likeness (QED) is 0.789. The molecule has 2 rings (SSSR count). The summed E-state index contributed by atoms with van der Waals surface area (Å²) in [6, 6.07) is 10.4. The molecule has 0 radical (unpaired) electrons. The van der Waals surface area contributed by atoms with Crippen molar-refractivity contribution >= 4 is 11.6 Å². The Balaban J connectivity index is 2.03. The second kappa shape index (κ2) is 6.70. The van der Waals surface area contributed by atoms with E-state index in [4.69, 9.17) is 0 Å². The second-order valence-electron chi connectivity index (χ2n) is 4.69. The number of aromatic nitrogens is 2. The van der Waals surface area contributed by atoms with Crippen LogP contribution in [0.15, 0.2) is 43.0 Å². The smallest absolute Gasteiger partial charge is 0.132 e. The first-order valence-corrected chi connectivity index (χ1v) is 6.67. The molecule has 0 fully saturated rings. The highest BCUT2D eigenvalue weighted by Crippen LogP contribution is 2.12. The molecule has 0 unspecified atom stereocenters. The predicted octanol–water partition coefficient (Wildman–Crippen LogP) is 3.30. The molecule has 2 aromatic rings. The summed E-state index contributed by atoms with van der Waals surface area (Å²) in [6.45, 7) is 9.09. The monoisotopic (exact) mass is 268 g/mol. The Morgan fingerprint density at radius 3 is 2.35 bits per heavy atom. The largest absolute Gasteiger partial charge is 0.366 e. The fraction of sp³-hybridized carbons (Fsp3) is 0.250. The summed E-state index contributed by atoms with van der Waals surface area (Å²) in [5.74, 6) is 2.37. The highest BCUT2D eigenvalue weighted by Gasteiger charge is 2.01. The maximum Gasteiger partial charge on any atom is 0.132 e. The van der Waals surface area contributed by atoms with Gasteiger partial charge in [-0.2, -0.15) is 0 Å². The Kier molecular flexibility index (Phi) is 4.71. The van der Waals surface area contributed by atoms with E-state index in [-0.39, 0.29) is 0 Å². The van der Waals surface area contributed by atoms with Gasteiger partial charge in [0.05, 0.1) is 0 Å². The lowest BCUT2D eigenvalue weighted by atomic mass is 10.1. The lowest BCUT2D eigenvalue weighted by Gasteiger charge is -2.09. The molecular weight excluding hydrogens is 248 g/mol. The molecule has 2 N–H and O–H groups in total. The van der Waals surface area contributed by atoms with Gasteiger partial charge in [-0.25, -0.2) is 9.97 Å². The molecular formula is C16H20N4. The van der Waals surface area contributed by atoms with Crippen LogP contribution < -0.4 is 10.6 Å². The maximum atomic E-state index is 4.39. The number of nitrogens with one attached hydrogen (secondary N) is 2. The molecule has 0 aliphatic heterocycles. The summed E-state index contributed by atoms with van der Waals surface area (Å²) < 4.78 is 0. The van der Waals surface area contributed by atoms with Crippen molar-refractivity contribution in [3.63, 3.8) is 0 Å². The van der Waals surface area contributed by atoms with Crippen LogP contribution in [0.1, 0.15) is 17.0 Å². The van der Waals surface area contributed by atoms with Crippen molar-refractivity contribution in [2.24, 2.45) is 0 Å². The Morgan fingerprint density at radius 2 is 1.70 bits per heavy atom. The van der Waals surface area contributed by atoms with Gasteiger partial charge in [0.15, 0.2) is 0 Å². The average Bonchev–Trinajstić information content (AvgIpc) is 2.44. The Hall–Kier alpha value is -2.36. The van der Waals surface area contributed by atoms with Gasteiger partial charge in [-0.05, 0) is 19.4 Å². The van der Waals surface area contributed by atoms with Gasteiger partial charge in [0.1, 0.15) is 17.5 Å². The SMILES string of the molecule is C=CCNc1cc(NCc2ccc(C)cc2)nc(C)n1. The van der Waals surface area contributed by atoms with E-state index in [2.05, 4.69) is 58.4 Å². The van der Waals surface area contributed by atoms with E-state index in [1.807, 2.05) is 13.0 Å². The van der Waals surface area contributed by atoms with Crippen LogP contribution >= 0.6 is 0 Å². The molecule has 0 spiro atoms. The number of hydrogen-bond donors (Lipinski definition) is 2. The van der Waals surface area contributed by atoms with Gasteiger partial charge < -0.3 is 10.6 Å². The van der Waals surface area contributed by atoms with Crippen molar-refractivity contribution in [1.29, 1.82) is 0 Å². The fourth-order valence-electron chi connectivity index (χ4n) is 1.82. The van der Waals surface area contributed by atoms with Crippen LogP contribution in [0.3, 0.4) is 0 Å². The van der Waals surface area contributed by atoms with Crippen molar-refractivity contribution in [2.75, 3.05) is 17.2 Å². The minimum Gasteiger partial charge on any atom is -0.366 e. The molecule has 0 aliphatic rings. The molecule has 4 heteroatoms. The van der Waals surface area contributed by atoms with E-state index in [0.717, 1.165) is 24.0 Å². The van der Waals surface area contributed by atoms with E-state index in [1.54, 1.807) is 6.08 Å². The number of hydrogen-bond acceptors (Lipinski definition) is 4. The first-order chi connectivity index (χ1) is 9.67. The van der Waals surface area contributed by atoms with Crippen LogP contribution in [-0.4, -0.2) is 16.5 Å². The first kappa shape index (κ1) is 14.1. The van der Waals surface area contributed by atoms with E-state index in [0.29, 0.717) is 6.54 Å². The van der Waals surface area contributed by atoms with Crippen LogP contribution in [0, 0.1) is 13.8 Å². The molecule has 0 atom stereocenters. The van der Waals surface area contributed by atoms with Crippen LogP contribution in [0.25, 0.3) is 0 Å². The van der Waals surface area contributed by atoms with Gasteiger partial charge in [-0.1, -0.05) is 35.9 Å². The van der Waals surface area contributed by atoms with Gasteiger partial charge in [0.2, 0.25) is 0 Å². The van der Waals surface area contributed by atoms with Crippen molar-refractivity contribution < 1.29 is 0 Å². The third-order valence-electron chi connectivity index (χ3n) is 2.86. The average molecular weight is 268 g/mol. The molecule has 1 aromatic carbocycles. The van der Waals surface area contributed by atoms with Gasteiger partial charge in [0.25, 0.3) is 0 Å². The zero-order valence-corrected chi connectivity index (χ0v) is 12.0. The van der Waals surface area contributed by atoms with Crippen molar-refractivity contribution in [3.05, 3.63) is 59.9 Å². The molecule has 0 bridgehead atoms. The van der Waals surface area contributed by atoms with Gasteiger partial charge >= 0.3 is 0 Å². The zero-order chi connectivity index (χ0) is 14.4. The summed E-state index contributed by atoms with van der Waals surface area (Å²) in [7, 11) is 0. The summed E-state index contributed by atoms with van der Waals surface area (Å²) >= 11 is 0. The van der Waals surface area contributed by atoms with Gasteiger partial charge in [-0.15, -0.1) is 6.58 Å². The van der Waals surface area contributed by atoms with Crippen LogP contribution in [0.5, 0.6) is 0 Å². The molecule has 20 heavy (non-hydrogen) atoms. The van der Waals surface area contributed by atoms with Crippen LogP contribution in [-0.2, 0) is 6.54 Å². The zero-order valence-electron chi connectivity index (χ0n) is 12.0. The standard InChI is InChI=1S/C16H20N4/c1-4-9-17-15-10-16(20-13(3)19-15)18-11-14-7-5-12(2)6-8-14/h4-8,10H,1,9,11H2,2-3H3,(H2,17,18,19,20). The third-order valence-corrected chi connectivity index (χ3v) is 2.86. The lowest BCUT2D eigenvalue weighted by molar-refractivity contribution is 1.02. The number of anilines is 2. The fourth-order valence-corrected chi connectivity index (χ4v) is 1.82. The summed E-state index contributed by atoms with van der Waals surface area (Å²) in [6.07, 6.45) is 1.80. The summed E-state index contributed by atoms with van der Waals surface area (Å²) in [5.41, 5.74) is 2.50. The Morgan fingerprint density at radius 1 is 1.05 bits per heavy atom. The van der Waals surface area contributed by atoms with Crippen LogP contribution in [0.2, 0.25) is 0 Å². The van der Waals surface area contributed by atoms with E-state index in [1.165, 1.54) is 11.1 Å². The Labute approximate surface area is 120 Å². The predicted molar refractivity (Wildman–Crippen MR) is 84.0 cm³/mol. The topological polar surface area (TPSA) is 49.8 Å². The third kappa shape index (κ3) is 4.09. The van der Waals surface area contributed by atoms with Crippen molar-refractivity contribution in [2.45, 2.75) is 20.4 Å². The normalized spacial score (nSPS) is 10.1. The summed E-state index contributed by atoms with van der Waals surface area (Å²) in [5, 5.41) is 6.49. The number of aryl methyl sites for hydroxylation is 2. The molecule has 0 amide bonds. The van der Waals surface area contributed by atoms with E-state index in [9.17, 15) is 0 Å². The number of rotatable bonds is 6. The lowest BCUT2D eigenvalue weighted by Crippen LogP contribution is -2.07. The van der Waals surface area contributed by atoms with Gasteiger partial charge in [-0.3, -0.25) is 0 Å². The Bertz CT molecular complexity index is 576. The summed E-state index contributed by atoms with van der Waals surface area (Å²) in [4.78, 5) is 8.71. The highest BCUT2D eigenvalue weighted by atomic mass is 15.1.